The lowest BCUT2D eigenvalue weighted by Crippen LogP contribution is -2.21. The molecule has 0 radical (unpaired) electrons. The van der Waals surface area contributed by atoms with E-state index in [1.165, 1.54) is 22.8 Å². The molecule has 3 rings (SSSR count). The molecule has 0 spiro atoms. The molecule has 5 nitrogen and oxygen atoms in total. The number of hydrogen-bond donors (Lipinski definition) is 1. The fraction of sp³-hybridized carbons (Fsp3) is 0.182. The Bertz CT molecular complexity index is 1020. The van der Waals surface area contributed by atoms with E-state index in [0.29, 0.717) is 17.7 Å². The van der Waals surface area contributed by atoms with E-state index in [-0.39, 0.29) is 30.2 Å². The number of pyridine rings is 1. The Morgan fingerprint density at radius 3 is 2.52 bits per heavy atom. The molecular formula is C22H20F2N2O3. The molecule has 0 unspecified atom stereocenters. The molecule has 2 aromatic carbocycles. The van der Waals surface area contributed by atoms with Gasteiger partial charge in [0.1, 0.15) is 5.75 Å². The third kappa shape index (κ3) is 6.00. The first-order valence-electron chi connectivity index (χ1n) is 9.08. The molecule has 1 amide bonds. The van der Waals surface area contributed by atoms with Gasteiger partial charge in [0.25, 0.3) is 5.56 Å². The Hall–Kier alpha value is -3.48. The minimum Gasteiger partial charge on any atom is -0.435 e. The summed E-state index contributed by atoms with van der Waals surface area (Å²) in [5, 5.41) is 2.74. The van der Waals surface area contributed by atoms with Gasteiger partial charge in [0.2, 0.25) is 5.91 Å². The number of carbonyl (C=O) groups excluding carboxylic acids is 1. The summed E-state index contributed by atoms with van der Waals surface area (Å²) in [6.45, 7) is -2.69. The molecule has 0 aliphatic heterocycles. The summed E-state index contributed by atoms with van der Waals surface area (Å²) in [4.78, 5) is 23.9. The van der Waals surface area contributed by atoms with Crippen molar-refractivity contribution in [3.05, 3.63) is 94.4 Å². The quantitative estimate of drug-likeness (QED) is 0.622. The monoisotopic (exact) mass is 398 g/mol. The van der Waals surface area contributed by atoms with Crippen LogP contribution in [0.2, 0.25) is 0 Å². The SMILES string of the molecule is O=C(CCn1ccccc1=O)Nc1ccc(OC(F)F)c(Cc2ccccc2)c1. The second kappa shape index (κ2) is 9.64. The Morgan fingerprint density at radius 1 is 1.03 bits per heavy atom. The number of ether oxygens (including phenoxy) is 1. The average Bonchev–Trinajstić information content (AvgIpc) is 2.70. The zero-order valence-corrected chi connectivity index (χ0v) is 15.6. The lowest BCUT2D eigenvalue weighted by molar-refractivity contribution is -0.116. The number of halogens is 2. The normalized spacial score (nSPS) is 10.7. The molecule has 29 heavy (non-hydrogen) atoms. The number of nitrogens with zero attached hydrogens (tertiary/aromatic N) is 1. The summed E-state index contributed by atoms with van der Waals surface area (Å²) >= 11 is 0. The van der Waals surface area contributed by atoms with E-state index in [4.69, 9.17) is 0 Å². The summed E-state index contributed by atoms with van der Waals surface area (Å²) in [5.74, 6) is -0.216. The number of amides is 1. The first kappa shape index (κ1) is 20.3. The van der Waals surface area contributed by atoms with E-state index < -0.39 is 6.61 Å². The number of aromatic nitrogens is 1. The van der Waals surface area contributed by atoms with Gasteiger partial charge in [-0.25, -0.2) is 0 Å². The van der Waals surface area contributed by atoms with Gasteiger partial charge in [-0.3, -0.25) is 9.59 Å². The highest BCUT2D eigenvalue weighted by molar-refractivity contribution is 5.90. The molecule has 7 heteroatoms. The number of rotatable bonds is 8. The first-order chi connectivity index (χ1) is 14.0. The van der Waals surface area contributed by atoms with Crippen LogP contribution in [0.15, 0.2) is 77.7 Å². The molecular weight excluding hydrogens is 378 g/mol. The number of nitrogens with one attached hydrogen (secondary N) is 1. The van der Waals surface area contributed by atoms with Gasteiger partial charge in [-0.1, -0.05) is 36.4 Å². The van der Waals surface area contributed by atoms with Gasteiger partial charge in [-0.2, -0.15) is 8.78 Å². The van der Waals surface area contributed by atoms with Gasteiger partial charge in [-0.05, 0) is 29.8 Å². The third-order valence-electron chi connectivity index (χ3n) is 4.28. The third-order valence-corrected chi connectivity index (χ3v) is 4.28. The van der Waals surface area contributed by atoms with Gasteiger partial charge >= 0.3 is 6.61 Å². The topological polar surface area (TPSA) is 60.3 Å². The van der Waals surface area contributed by atoms with Gasteiger partial charge in [0.15, 0.2) is 0 Å². The van der Waals surface area contributed by atoms with Gasteiger partial charge in [0.05, 0.1) is 0 Å². The highest BCUT2D eigenvalue weighted by atomic mass is 19.3. The summed E-state index contributed by atoms with van der Waals surface area (Å²) in [6.07, 6.45) is 2.10. The van der Waals surface area contributed by atoms with Crippen molar-refractivity contribution in [1.82, 2.24) is 4.57 Å². The maximum Gasteiger partial charge on any atom is 0.387 e. The molecule has 3 aromatic rings. The van der Waals surface area contributed by atoms with Crippen molar-refractivity contribution < 1.29 is 18.3 Å². The highest BCUT2D eigenvalue weighted by Crippen LogP contribution is 2.27. The van der Waals surface area contributed by atoms with Gasteiger partial charge in [-0.15, -0.1) is 0 Å². The standard InChI is InChI=1S/C22H20F2N2O3/c23-22(24)29-19-10-9-18(15-17(19)14-16-6-2-1-3-7-16)25-20(27)11-13-26-12-5-4-8-21(26)28/h1-10,12,15,22H,11,13-14H2,(H,25,27). The van der Waals surface area contributed by atoms with Crippen molar-refractivity contribution in [1.29, 1.82) is 0 Å². The van der Waals surface area contributed by atoms with Gasteiger partial charge < -0.3 is 14.6 Å². The van der Waals surface area contributed by atoms with E-state index in [9.17, 15) is 18.4 Å². The second-order valence-electron chi connectivity index (χ2n) is 6.39. The maximum absolute atomic E-state index is 12.7. The van der Waals surface area contributed by atoms with Crippen LogP contribution in [0.1, 0.15) is 17.5 Å². The molecule has 1 aromatic heterocycles. The van der Waals surface area contributed by atoms with Crippen molar-refractivity contribution >= 4 is 11.6 Å². The zero-order valence-electron chi connectivity index (χ0n) is 15.6. The van der Waals surface area contributed by atoms with Crippen LogP contribution in [0.25, 0.3) is 0 Å². The van der Waals surface area contributed by atoms with Crippen molar-refractivity contribution in [2.75, 3.05) is 5.32 Å². The zero-order chi connectivity index (χ0) is 20.6. The van der Waals surface area contributed by atoms with Crippen molar-refractivity contribution in [3.8, 4) is 5.75 Å². The highest BCUT2D eigenvalue weighted by Gasteiger charge is 2.12. The van der Waals surface area contributed by atoms with Crippen LogP contribution in [0, 0.1) is 0 Å². The largest absolute Gasteiger partial charge is 0.435 e. The summed E-state index contributed by atoms with van der Waals surface area (Å²) in [7, 11) is 0. The number of hydrogen-bond acceptors (Lipinski definition) is 3. The fourth-order valence-electron chi connectivity index (χ4n) is 2.91. The molecule has 1 N–H and O–H groups in total. The average molecular weight is 398 g/mol. The van der Waals surface area contributed by atoms with Crippen LogP contribution in [-0.4, -0.2) is 17.1 Å². The minimum atomic E-state index is -2.94. The van der Waals surface area contributed by atoms with Crippen molar-refractivity contribution in [3.63, 3.8) is 0 Å². The Kier molecular flexibility index (Phi) is 6.73. The molecule has 0 fully saturated rings. The van der Waals surface area contributed by atoms with E-state index in [0.717, 1.165) is 5.56 Å². The molecule has 0 atom stereocenters. The van der Waals surface area contributed by atoms with Crippen LogP contribution >= 0.6 is 0 Å². The summed E-state index contributed by atoms with van der Waals surface area (Å²) in [5.41, 5.74) is 1.76. The van der Waals surface area contributed by atoms with Crippen LogP contribution in [-0.2, 0) is 17.8 Å². The van der Waals surface area contributed by atoms with E-state index in [1.54, 1.807) is 24.4 Å². The molecule has 0 saturated heterocycles. The Balaban J connectivity index is 1.71. The maximum atomic E-state index is 12.7. The van der Waals surface area contributed by atoms with E-state index in [2.05, 4.69) is 10.1 Å². The van der Waals surface area contributed by atoms with Crippen molar-refractivity contribution in [2.45, 2.75) is 26.0 Å². The van der Waals surface area contributed by atoms with Gasteiger partial charge in [0, 0.05) is 42.9 Å². The predicted octanol–water partition coefficient (Wildman–Crippen LogP) is 4.07. The molecule has 0 aliphatic rings. The molecule has 0 saturated carbocycles. The molecule has 0 bridgehead atoms. The van der Waals surface area contributed by atoms with Crippen molar-refractivity contribution in [2.24, 2.45) is 0 Å². The van der Waals surface area contributed by atoms with E-state index >= 15 is 0 Å². The van der Waals surface area contributed by atoms with E-state index in [1.807, 2.05) is 30.3 Å². The number of benzene rings is 2. The predicted molar refractivity (Wildman–Crippen MR) is 106 cm³/mol. The Morgan fingerprint density at radius 2 is 1.79 bits per heavy atom. The molecule has 1 heterocycles. The van der Waals surface area contributed by atoms with Crippen LogP contribution in [0.4, 0.5) is 14.5 Å². The molecule has 150 valence electrons. The lowest BCUT2D eigenvalue weighted by Gasteiger charge is -2.14. The molecule has 0 aliphatic carbocycles. The number of anilines is 1. The fourth-order valence-corrected chi connectivity index (χ4v) is 2.91. The first-order valence-corrected chi connectivity index (χ1v) is 9.08. The van der Waals surface area contributed by atoms with Crippen LogP contribution in [0.5, 0.6) is 5.75 Å². The summed E-state index contributed by atoms with van der Waals surface area (Å²) in [6, 6.07) is 18.7. The smallest absolute Gasteiger partial charge is 0.387 e. The minimum absolute atomic E-state index is 0.0673. The second-order valence-corrected chi connectivity index (χ2v) is 6.39. The number of carbonyl (C=O) groups is 1. The summed E-state index contributed by atoms with van der Waals surface area (Å²) < 4.78 is 31.5. The number of aryl methyl sites for hydroxylation is 1. The van der Waals surface area contributed by atoms with Crippen LogP contribution < -0.4 is 15.6 Å². The van der Waals surface area contributed by atoms with Crippen LogP contribution in [0.3, 0.4) is 0 Å². The lowest BCUT2D eigenvalue weighted by atomic mass is 10.0. The Labute approximate surface area is 166 Å². The number of alkyl halides is 2.